The fourth-order valence-corrected chi connectivity index (χ4v) is 4.84. The second-order valence-electron chi connectivity index (χ2n) is 8.34. The van der Waals surface area contributed by atoms with Crippen LogP contribution in [0.5, 0.6) is 11.5 Å². The Bertz CT molecular complexity index is 1110. The van der Waals surface area contributed by atoms with E-state index in [1.54, 1.807) is 0 Å². The first-order valence-corrected chi connectivity index (χ1v) is 12.2. The van der Waals surface area contributed by atoms with E-state index in [0.29, 0.717) is 13.2 Å². The molecule has 3 heterocycles. The summed E-state index contributed by atoms with van der Waals surface area (Å²) in [7, 11) is 0. The molecule has 2 aliphatic heterocycles. The fraction of sp³-hybridized carbons (Fsp3) is 0.360. The molecule has 3 aromatic rings. The third-order valence-corrected chi connectivity index (χ3v) is 6.87. The van der Waals surface area contributed by atoms with Gasteiger partial charge in [0.05, 0.1) is 12.1 Å². The summed E-state index contributed by atoms with van der Waals surface area (Å²) in [5.74, 6) is 1.77. The van der Waals surface area contributed by atoms with Crippen molar-refractivity contribution in [1.82, 2.24) is 14.8 Å². The number of rotatable bonds is 7. The zero-order chi connectivity index (χ0) is 22.6. The highest BCUT2D eigenvalue weighted by atomic mass is 32.1. The number of anilines is 2. The Labute approximate surface area is 198 Å². The predicted octanol–water partition coefficient (Wildman–Crippen LogP) is 4.06. The van der Waals surface area contributed by atoms with Crippen molar-refractivity contribution in [1.29, 1.82) is 0 Å². The van der Waals surface area contributed by atoms with Gasteiger partial charge in [0, 0.05) is 43.8 Å². The summed E-state index contributed by atoms with van der Waals surface area (Å²) in [5, 5.41) is 6.12. The van der Waals surface area contributed by atoms with Crippen LogP contribution < -0.4 is 14.8 Å². The third kappa shape index (κ3) is 5.29. The van der Waals surface area contributed by atoms with Crippen molar-refractivity contribution >= 4 is 28.1 Å². The largest absolute Gasteiger partial charge is 0.454 e. The summed E-state index contributed by atoms with van der Waals surface area (Å²) in [5.41, 5.74) is 4.34. The Morgan fingerprint density at radius 1 is 1.03 bits per heavy atom. The quantitative estimate of drug-likeness (QED) is 0.569. The Morgan fingerprint density at radius 3 is 2.58 bits per heavy atom. The van der Waals surface area contributed by atoms with Crippen molar-refractivity contribution in [3.05, 3.63) is 64.7 Å². The molecule has 0 atom stereocenters. The summed E-state index contributed by atoms with van der Waals surface area (Å²) >= 11 is 1.53. The van der Waals surface area contributed by atoms with Crippen LogP contribution in [0.3, 0.4) is 0 Å². The molecule has 0 unspecified atom stereocenters. The molecule has 0 saturated carbocycles. The van der Waals surface area contributed by atoms with Crippen LogP contribution in [-0.4, -0.2) is 53.7 Å². The molecule has 8 heteroatoms. The number of benzene rings is 2. The number of carbonyl (C=O) groups is 1. The number of thiazole rings is 1. The van der Waals surface area contributed by atoms with Gasteiger partial charge in [-0.25, -0.2) is 4.98 Å². The molecule has 33 heavy (non-hydrogen) atoms. The van der Waals surface area contributed by atoms with Gasteiger partial charge in [-0.1, -0.05) is 25.1 Å². The standard InChI is InChI=1S/C25H28N4O3S/c1-2-18-3-6-20(7-4-18)26-25-27-21(16-33-25)14-24(30)29-11-9-28(10-12-29)15-19-5-8-22-23(13-19)32-17-31-22/h3-8,13,16H,2,9-12,14-15,17H2,1H3,(H,26,27). The lowest BCUT2D eigenvalue weighted by Crippen LogP contribution is -2.48. The molecule has 0 aliphatic carbocycles. The smallest absolute Gasteiger partial charge is 0.231 e. The number of aryl methyl sites for hydroxylation is 1. The summed E-state index contributed by atoms with van der Waals surface area (Å²) in [6.07, 6.45) is 1.37. The Morgan fingerprint density at radius 2 is 1.79 bits per heavy atom. The van der Waals surface area contributed by atoms with Gasteiger partial charge in [-0.15, -0.1) is 11.3 Å². The number of aromatic nitrogens is 1. The first-order chi connectivity index (χ1) is 16.2. The number of carbonyl (C=O) groups excluding carboxylic acids is 1. The highest BCUT2D eigenvalue weighted by molar-refractivity contribution is 7.13. The molecule has 7 nitrogen and oxygen atoms in total. The van der Waals surface area contributed by atoms with Crippen LogP contribution in [0.15, 0.2) is 47.8 Å². The number of piperazine rings is 1. The first kappa shape index (κ1) is 21.7. The van der Waals surface area contributed by atoms with E-state index in [1.165, 1.54) is 22.5 Å². The highest BCUT2D eigenvalue weighted by Crippen LogP contribution is 2.33. The lowest BCUT2D eigenvalue weighted by Gasteiger charge is -2.34. The van der Waals surface area contributed by atoms with Crippen molar-refractivity contribution < 1.29 is 14.3 Å². The second kappa shape index (κ2) is 9.80. The molecule has 5 rings (SSSR count). The Hall–Kier alpha value is -3.10. The van der Waals surface area contributed by atoms with Crippen molar-refractivity contribution in [2.75, 3.05) is 38.3 Å². The molecule has 1 saturated heterocycles. The molecule has 0 bridgehead atoms. The van der Waals surface area contributed by atoms with Crippen LogP contribution in [0.2, 0.25) is 0 Å². The monoisotopic (exact) mass is 464 g/mol. The van der Waals surface area contributed by atoms with Gasteiger partial charge in [-0.2, -0.15) is 0 Å². The van der Waals surface area contributed by atoms with Crippen molar-refractivity contribution in [2.24, 2.45) is 0 Å². The molecule has 1 amide bonds. The summed E-state index contributed by atoms with van der Waals surface area (Å²) in [4.78, 5) is 21.8. The van der Waals surface area contributed by atoms with Gasteiger partial charge in [0.1, 0.15) is 0 Å². The lowest BCUT2D eigenvalue weighted by molar-refractivity contribution is -0.132. The molecular formula is C25H28N4O3S. The van der Waals surface area contributed by atoms with Gasteiger partial charge < -0.3 is 19.7 Å². The van der Waals surface area contributed by atoms with Crippen molar-refractivity contribution in [2.45, 2.75) is 26.3 Å². The molecule has 0 radical (unpaired) electrons. The number of hydrogen-bond donors (Lipinski definition) is 1. The fourth-order valence-electron chi connectivity index (χ4n) is 4.11. The van der Waals surface area contributed by atoms with E-state index in [-0.39, 0.29) is 5.91 Å². The van der Waals surface area contributed by atoms with Gasteiger partial charge in [-0.3, -0.25) is 9.69 Å². The van der Waals surface area contributed by atoms with Crippen molar-refractivity contribution in [3.8, 4) is 11.5 Å². The number of amides is 1. The maximum absolute atomic E-state index is 12.8. The average molecular weight is 465 g/mol. The van der Waals surface area contributed by atoms with Gasteiger partial charge in [-0.05, 0) is 41.8 Å². The number of ether oxygens (including phenoxy) is 2. The molecule has 2 aliphatic rings. The van der Waals surface area contributed by atoms with Gasteiger partial charge in [0.25, 0.3) is 0 Å². The number of nitrogens with one attached hydrogen (secondary N) is 1. The maximum atomic E-state index is 12.8. The van der Waals surface area contributed by atoms with Crippen molar-refractivity contribution in [3.63, 3.8) is 0 Å². The predicted molar refractivity (Wildman–Crippen MR) is 129 cm³/mol. The van der Waals surface area contributed by atoms with Crippen LogP contribution in [0.25, 0.3) is 0 Å². The van der Waals surface area contributed by atoms with E-state index in [9.17, 15) is 4.79 Å². The van der Waals surface area contributed by atoms with Crippen LogP contribution in [0.4, 0.5) is 10.8 Å². The molecule has 172 valence electrons. The van der Waals surface area contributed by atoms with Crippen LogP contribution >= 0.6 is 11.3 Å². The molecular weight excluding hydrogens is 436 g/mol. The maximum Gasteiger partial charge on any atom is 0.231 e. The van der Waals surface area contributed by atoms with E-state index in [0.717, 1.165) is 67.2 Å². The zero-order valence-electron chi connectivity index (χ0n) is 18.8. The van der Waals surface area contributed by atoms with E-state index < -0.39 is 0 Å². The summed E-state index contributed by atoms with van der Waals surface area (Å²) in [6, 6.07) is 14.5. The number of nitrogens with zero attached hydrogens (tertiary/aromatic N) is 3. The minimum absolute atomic E-state index is 0.141. The SMILES string of the molecule is CCc1ccc(Nc2nc(CC(=O)N3CCN(Cc4ccc5c(c4)OCO5)CC3)cs2)cc1. The zero-order valence-corrected chi connectivity index (χ0v) is 19.6. The Balaban J connectivity index is 1.09. The molecule has 1 aromatic heterocycles. The third-order valence-electron chi connectivity index (χ3n) is 6.07. The first-order valence-electron chi connectivity index (χ1n) is 11.4. The van der Waals surface area contributed by atoms with E-state index in [4.69, 9.17) is 9.47 Å². The van der Waals surface area contributed by atoms with Gasteiger partial charge in [0.15, 0.2) is 16.6 Å². The molecule has 1 fully saturated rings. The van der Waals surface area contributed by atoms with Gasteiger partial charge >= 0.3 is 0 Å². The van der Waals surface area contributed by atoms with Gasteiger partial charge in [0.2, 0.25) is 12.7 Å². The van der Waals surface area contributed by atoms with Crippen LogP contribution in [-0.2, 0) is 24.2 Å². The number of fused-ring (bicyclic) bond motifs is 1. The minimum atomic E-state index is 0.141. The van der Waals surface area contributed by atoms with Crippen LogP contribution in [0, 0.1) is 0 Å². The molecule has 2 aromatic carbocycles. The normalized spacial score (nSPS) is 15.6. The second-order valence-corrected chi connectivity index (χ2v) is 9.20. The minimum Gasteiger partial charge on any atom is -0.454 e. The molecule has 1 N–H and O–H groups in total. The number of hydrogen-bond acceptors (Lipinski definition) is 7. The summed E-state index contributed by atoms with van der Waals surface area (Å²) < 4.78 is 10.9. The average Bonchev–Trinajstić information content (AvgIpc) is 3.49. The van der Waals surface area contributed by atoms with E-state index in [1.807, 2.05) is 22.4 Å². The highest BCUT2D eigenvalue weighted by Gasteiger charge is 2.23. The summed E-state index contributed by atoms with van der Waals surface area (Å²) in [6.45, 7) is 6.48. The van der Waals surface area contributed by atoms with Crippen LogP contribution in [0.1, 0.15) is 23.7 Å². The van der Waals surface area contributed by atoms with E-state index >= 15 is 0 Å². The Kier molecular flexibility index (Phi) is 6.46. The molecule has 0 spiro atoms. The lowest BCUT2D eigenvalue weighted by atomic mass is 10.1. The van der Waals surface area contributed by atoms with E-state index in [2.05, 4.69) is 52.5 Å². The topological polar surface area (TPSA) is 66.9 Å².